The van der Waals surface area contributed by atoms with Crippen LogP contribution in [0.15, 0.2) is 41.2 Å². The third kappa shape index (κ3) is 13.7. The Labute approximate surface area is 290 Å². The minimum Gasteiger partial charge on any atom is -0.390 e. The minimum atomic E-state index is -1.22. The standard InChI is InChI=1S/C37H55N5O5S/c1-5-6-17-33(43)35(45)31(21-28-15-11-8-12-16-28)40-37(47)32(23-30-24-48-25-39-30)41-36(46)29(20-27-13-9-7-10-14-27)22-34(44)42(4)19-18-38-26(2)3/h1,7,9-10,13-14,24-26,28-29,31-33,35,38,43,45H,6,8,11-12,15-23H2,2-4H3,(H,40,47)(H,41,46)/t29-,31+,32+,33+,35-/m1/s1. The van der Waals surface area contributed by atoms with Crippen LogP contribution >= 0.6 is 11.3 Å². The summed E-state index contributed by atoms with van der Waals surface area (Å²) in [5, 5.41) is 33.1. The zero-order chi connectivity index (χ0) is 34.9. The van der Waals surface area contributed by atoms with Crippen molar-refractivity contribution < 1.29 is 24.6 Å². The van der Waals surface area contributed by atoms with E-state index in [0.717, 1.165) is 31.2 Å². The van der Waals surface area contributed by atoms with Crippen molar-refractivity contribution >= 4 is 29.1 Å². The Morgan fingerprint density at radius 3 is 2.44 bits per heavy atom. The van der Waals surface area contributed by atoms with Gasteiger partial charge >= 0.3 is 0 Å². The summed E-state index contributed by atoms with van der Waals surface area (Å²) in [6.45, 7) is 5.22. The van der Waals surface area contributed by atoms with E-state index >= 15 is 0 Å². The Morgan fingerprint density at radius 2 is 1.79 bits per heavy atom. The first kappa shape index (κ1) is 39.1. The van der Waals surface area contributed by atoms with E-state index in [0.29, 0.717) is 50.0 Å². The fraction of sp³-hybridized carbons (Fsp3) is 0.622. The van der Waals surface area contributed by atoms with E-state index in [4.69, 9.17) is 6.42 Å². The molecule has 0 radical (unpaired) electrons. The summed E-state index contributed by atoms with van der Waals surface area (Å²) in [5.74, 6) is 1.05. The van der Waals surface area contributed by atoms with Crippen LogP contribution in [0.2, 0.25) is 0 Å². The number of aliphatic hydroxyl groups excluding tert-OH is 2. The Kier molecular flexibility index (Phi) is 17.1. The number of likely N-dealkylation sites (N-methyl/N-ethyl adjacent to an activating group) is 1. The molecule has 1 aromatic carbocycles. The number of terminal acetylenes is 1. The van der Waals surface area contributed by atoms with Crippen LogP contribution in [0.4, 0.5) is 0 Å². The number of amides is 3. The molecule has 5 N–H and O–H groups in total. The summed E-state index contributed by atoms with van der Waals surface area (Å²) in [4.78, 5) is 47.3. The number of thiazole rings is 1. The van der Waals surface area contributed by atoms with Gasteiger partial charge in [-0.05, 0) is 30.7 Å². The van der Waals surface area contributed by atoms with Crippen molar-refractivity contribution in [1.29, 1.82) is 0 Å². The lowest BCUT2D eigenvalue weighted by Gasteiger charge is -2.33. The molecular formula is C37H55N5O5S. The van der Waals surface area contributed by atoms with Crippen LogP contribution in [0.3, 0.4) is 0 Å². The third-order valence-corrected chi connectivity index (χ3v) is 9.74. The molecular weight excluding hydrogens is 627 g/mol. The highest BCUT2D eigenvalue weighted by Gasteiger charge is 2.34. The summed E-state index contributed by atoms with van der Waals surface area (Å²) in [6.07, 6.45) is 9.90. The predicted octanol–water partition coefficient (Wildman–Crippen LogP) is 3.47. The Balaban J connectivity index is 1.81. The van der Waals surface area contributed by atoms with Crippen molar-refractivity contribution in [2.45, 2.75) is 115 Å². The van der Waals surface area contributed by atoms with Crippen molar-refractivity contribution in [2.75, 3.05) is 20.1 Å². The lowest BCUT2D eigenvalue weighted by atomic mass is 9.82. The van der Waals surface area contributed by atoms with Crippen molar-refractivity contribution in [3.63, 3.8) is 0 Å². The fourth-order valence-corrected chi connectivity index (χ4v) is 6.81. The molecule has 0 unspecified atom stereocenters. The summed E-state index contributed by atoms with van der Waals surface area (Å²) < 4.78 is 0. The minimum absolute atomic E-state index is 0.0195. The van der Waals surface area contributed by atoms with Crippen LogP contribution in [0, 0.1) is 24.2 Å². The SMILES string of the molecule is C#CCC[C@H](O)[C@H](O)[C@H](CC1CCCCC1)NC(=O)[C@H](Cc1cscn1)NC(=O)[C@@H](CC(=O)N(C)CCNC(C)C)Cc1ccccc1. The summed E-state index contributed by atoms with van der Waals surface area (Å²) in [5.41, 5.74) is 3.23. The molecule has 0 bridgehead atoms. The first-order valence-electron chi connectivity index (χ1n) is 17.4. The van der Waals surface area contributed by atoms with E-state index in [2.05, 4.69) is 26.9 Å². The predicted molar refractivity (Wildman–Crippen MR) is 190 cm³/mol. The zero-order valence-corrected chi connectivity index (χ0v) is 29.6. The lowest BCUT2D eigenvalue weighted by molar-refractivity contribution is -0.136. The number of benzene rings is 1. The van der Waals surface area contributed by atoms with Gasteiger partial charge in [-0.25, -0.2) is 4.98 Å². The molecule has 1 fully saturated rings. The maximum atomic E-state index is 14.0. The smallest absolute Gasteiger partial charge is 0.243 e. The molecule has 1 aliphatic carbocycles. The van der Waals surface area contributed by atoms with Crippen molar-refractivity contribution in [3.8, 4) is 12.3 Å². The van der Waals surface area contributed by atoms with Gasteiger partial charge < -0.3 is 31.1 Å². The molecule has 10 nitrogen and oxygen atoms in total. The maximum Gasteiger partial charge on any atom is 0.243 e. The Hall–Kier alpha value is -3.30. The molecule has 2 aromatic rings. The van der Waals surface area contributed by atoms with Crippen molar-refractivity contribution in [3.05, 3.63) is 52.5 Å². The number of aliphatic hydroxyl groups is 2. The Morgan fingerprint density at radius 1 is 1.06 bits per heavy atom. The van der Waals surface area contributed by atoms with Gasteiger partial charge in [0.15, 0.2) is 0 Å². The van der Waals surface area contributed by atoms with E-state index in [-0.39, 0.29) is 25.2 Å². The highest BCUT2D eigenvalue weighted by Crippen LogP contribution is 2.29. The molecule has 1 saturated carbocycles. The Bertz CT molecular complexity index is 1280. The molecule has 3 rings (SSSR count). The van der Waals surface area contributed by atoms with Gasteiger partial charge in [0.05, 0.1) is 29.3 Å². The molecule has 0 spiro atoms. The molecule has 264 valence electrons. The van der Waals surface area contributed by atoms with Gasteiger partial charge in [0, 0.05) is 50.8 Å². The monoisotopic (exact) mass is 681 g/mol. The summed E-state index contributed by atoms with van der Waals surface area (Å²) >= 11 is 1.39. The second-order valence-electron chi connectivity index (χ2n) is 13.4. The number of hydrogen-bond acceptors (Lipinski definition) is 8. The van der Waals surface area contributed by atoms with Crippen LogP contribution in [-0.4, -0.2) is 88.3 Å². The van der Waals surface area contributed by atoms with Crippen LogP contribution in [-0.2, 0) is 27.2 Å². The van der Waals surface area contributed by atoms with Gasteiger partial charge in [0.1, 0.15) is 12.1 Å². The normalized spacial score (nSPS) is 16.7. The molecule has 1 heterocycles. The van der Waals surface area contributed by atoms with Crippen LogP contribution in [0.1, 0.15) is 82.9 Å². The average molecular weight is 682 g/mol. The number of aromatic nitrogens is 1. The fourth-order valence-electron chi connectivity index (χ4n) is 6.23. The van der Waals surface area contributed by atoms with Gasteiger partial charge in [-0.2, -0.15) is 0 Å². The lowest BCUT2D eigenvalue weighted by Crippen LogP contribution is -2.56. The second-order valence-corrected chi connectivity index (χ2v) is 14.1. The van der Waals surface area contributed by atoms with E-state index < -0.39 is 42.0 Å². The molecule has 3 amide bonds. The molecule has 1 aromatic heterocycles. The van der Waals surface area contributed by atoms with Crippen LogP contribution in [0.25, 0.3) is 0 Å². The number of nitrogens with zero attached hydrogens (tertiary/aromatic N) is 2. The highest BCUT2D eigenvalue weighted by molar-refractivity contribution is 7.07. The third-order valence-electron chi connectivity index (χ3n) is 9.10. The van der Waals surface area contributed by atoms with Gasteiger partial charge in [-0.1, -0.05) is 76.3 Å². The molecule has 1 aliphatic rings. The van der Waals surface area contributed by atoms with Crippen LogP contribution in [0.5, 0.6) is 0 Å². The molecule has 48 heavy (non-hydrogen) atoms. The number of carbonyl (C=O) groups is 3. The number of nitrogens with one attached hydrogen (secondary N) is 3. The molecule has 0 saturated heterocycles. The zero-order valence-electron chi connectivity index (χ0n) is 28.8. The quantitative estimate of drug-likeness (QED) is 0.135. The second kappa shape index (κ2) is 20.9. The topological polar surface area (TPSA) is 144 Å². The largest absolute Gasteiger partial charge is 0.390 e. The first-order valence-corrected chi connectivity index (χ1v) is 18.3. The number of carbonyl (C=O) groups excluding carboxylic acids is 3. The molecule has 11 heteroatoms. The first-order chi connectivity index (χ1) is 23.1. The van der Waals surface area contributed by atoms with E-state index in [1.54, 1.807) is 17.5 Å². The van der Waals surface area contributed by atoms with Crippen molar-refractivity contribution in [2.24, 2.45) is 11.8 Å². The van der Waals surface area contributed by atoms with Gasteiger partial charge in [0.2, 0.25) is 17.7 Å². The maximum absolute atomic E-state index is 14.0. The summed E-state index contributed by atoms with van der Waals surface area (Å²) in [7, 11) is 1.73. The highest BCUT2D eigenvalue weighted by atomic mass is 32.1. The van der Waals surface area contributed by atoms with Gasteiger partial charge in [-0.3, -0.25) is 14.4 Å². The van der Waals surface area contributed by atoms with E-state index in [9.17, 15) is 24.6 Å². The molecule has 5 atom stereocenters. The van der Waals surface area contributed by atoms with E-state index in [1.165, 1.54) is 17.8 Å². The van der Waals surface area contributed by atoms with Gasteiger partial charge in [0.25, 0.3) is 0 Å². The number of rotatable bonds is 20. The number of hydrogen-bond donors (Lipinski definition) is 5. The van der Waals surface area contributed by atoms with Crippen molar-refractivity contribution in [1.82, 2.24) is 25.8 Å². The van der Waals surface area contributed by atoms with E-state index in [1.807, 2.05) is 49.6 Å². The molecule has 0 aliphatic heterocycles. The average Bonchev–Trinajstić information content (AvgIpc) is 3.59. The van der Waals surface area contributed by atoms with Gasteiger partial charge in [-0.15, -0.1) is 23.7 Å². The summed E-state index contributed by atoms with van der Waals surface area (Å²) in [6, 6.07) is 8.08. The van der Waals surface area contributed by atoms with Crippen LogP contribution < -0.4 is 16.0 Å².